The molecule has 57 valence electrons. The molecule has 0 aliphatic rings. The van der Waals surface area contributed by atoms with Gasteiger partial charge in [0.2, 0.25) is 6.29 Å². The fourth-order valence-corrected chi connectivity index (χ4v) is 0.727. The van der Waals surface area contributed by atoms with E-state index in [0.717, 1.165) is 0 Å². The highest BCUT2D eigenvalue weighted by molar-refractivity contribution is 5.56. The summed E-state index contributed by atoms with van der Waals surface area (Å²) >= 11 is 0. The molecule has 2 nitrogen and oxygen atoms in total. The number of hydrogen-bond acceptors (Lipinski definition) is 2. The summed E-state index contributed by atoms with van der Waals surface area (Å²) in [6.45, 7) is 1.65. The molecule has 0 saturated heterocycles. The van der Waals surface area contributed by atoms with Crippen molar-refractivity contribution in [2.24, 2.45) is 0 Å². The van der Waals surface area contributed by atoms with Gasteiger partial charge in [-0.05, 0) is 19.1 Å². The molecule has 0 aliphatic heterocycles. The average Bonchev–Trinajstić information content (AvgIpc) is 2.06. The second kappa shape index (κ2) is 3.76. The Labute approximate surface area is 65.8 Å². The predicted molar refractivity (Wildman–Crippen MR) is 42.2 cm³/mol. The van der Waals surface area contributed by atoms with Crippen molar-refractivity contribution in [3.05, 3.63) is 30.3 Å². The quantitative estimate of drug-likeness (QED) is 0.652. The van der Waals surface area contributed by atoms with Crippen molar-refractivity contribution in [1.29, 1.82) is 0 Å². The van der Waals surface area contributed by atoms with Gasteiger partial charge in [0.25, 0.3) is 0 Å². The summed E-state index contributed by atoms with van der Waals surface area (Å²) in [5.74, 6) is 0.698. The van der Waals surface area contributed by atoms with E-state index in [1.54, 1.807) is 25.3 Å². The van der Waals surface area contributed by atoms with Crippen LogP contribution >= 0.6 is 0 Å². The minimum absolute atomic E-state index is 0.489. The van der Waals surface area contributed by atoms with Gasteiger partial charge in [-0.3, -0.25) is 4.79 Å². The molecule has 0 N–H and O–H groups in total. The van der Waals surface area contributed by atoms with Gasteiger partial charge in [0.05, 0.1) is 0 Å². The van der Waals surface area contributed by atoms with Crippen LogP contribution in [0.5, 0.6) is 5.75 Å². The normalized spacial score (nSPS) is 12.1. The van der Waals surface area contributed by atoms with Gasteiger partial charge in [-0.2, -0.15) is 0 Å². The second-order valence-corrected chi connectivity index (χ2v) is 2.19. The van der Waals surface area contributed by atoms with Crippen LogP contribution in [0.4, 0.5) is 0 Å². The van der Waals surface area contributed by atoms with Crippen LogP contribution in [0.2, 0.25) is 0 Å². The van der Waals surface area contributed by atoms with Gasteiger partial charge in [0.15, 0.2) is 6.10 Å². The Morgan fingerprint density at radius 1 is 1.36 bits per heavy atom. The molecule has 1 radical (unpaired) electrons. The Kier molecular flexibility index (Phi) is 2.66. The maximum absolute atomic E-state index is 10.1. The molecule has 0 aromatic heterocycles. The number of ether oxygens (including phenoxy) is 1. The van der Waals surface area contributed by atoms with Gasteiger partial charge in [-0.25, -0.2) is 0 Å². The van der Waals surface area contributed by atoms with E-state index in [1.807, 2.05) is 18.2 Å². The van der Waals surface area contributed by atoms with Crippen molar-refractivity contribution in [3.8, 4) is 5.75 Å². The van der Waals surface area contributed by atoms with E-state index in [1.165, 1.54) is 0 Å². The Morgan fingerprint density at radius 3 is 2.55 bits per heavy atom. The molecule has 0 fully saturated rings. The lowest BCUT2D eigenvalue weighted by Crippen LogP contribution is -2.12. The zero-order chi connectivity index (χ0) is 8.10. The molecule has 1 aromatic rings. The van der Waals surface area contributed by atoms with Gasteiger partial charge >= 0.3 is 0 Å². The average molecular weight is 149 g/mol. The van der Waals surface area contributed by atoms with Gasteiger partial charge in [-0.15, -0.1) is 0 Å². The molecule has 0 heterocycles. The van der Waals surface area contributed by atoms with Crippen LogP contribution < -0.4 is 4.74 Å². The molecule has 0 bridgehead atoms. The van der Waals surface area contributed by atoms with Crippen LogP contribution in [0.25, 0.3) is 0 Å². The molecule has 1 rings (SSSR count). The fraction of sp³-hybridized carbons (Fsp3) is 0.222. The molecule has 0 saturated carbocycles. The summed E-state index contributed by atoms with van der Waals surface area (Å²) in [5.41, 5.74) is 0. The third-order valence-electron chi connectivity index (χ3n) is 1.22. The van der Waals surface area contributed by atoms with E-state index < -0.39 is 6.10 Å². The van der Waals surface area contributed by atoms with Crippen molar-refractivity contribution in [2.45, 2.75) is 13.0 Å². The van der Waals surface area contributed by atoms with Crippen LogP contribution in [-0.2, 0) is 4.79 Å². The minimum atomic E-state index is -0.489. The Balaban J connectivity index is 2.57. The summed E-state index contributed by atoms with van der Waals surface area (Å²) in [5, 5.41) is 0. The number of hydrogen-bond donors (Lipinski definition) is 0. The first kappa shape index (κ1) is 7.79. The molecular weight excluding hydrogens is 140 g/mol. The SMILES string of the molecule is CC([C]=O)Oc1ccccc1. The van der Waals surface area contributed by atoms with Crippen LogP contribution in [0.3, 0.4) is 0 Å². The Hall–Kier alpha value is -1.31. The van der Waals surface area contributed by atoms with Crippen LogP contribution in [0, 0.1) is 0 Å². The maximum Gasteiger partial charge on any atom is 0.242 e. The third-order valence-corrected chi connectivity index (χ3v) is 1.22. The first-order valence-electron chi connectivity index (χ1n) is 3.42. The summed E-state index contributed by atoms with van der Waals surface area (Å²) < 4.78 is 5.14. The highest BCUT2D eigenvalue weighted by Gasteiger charge is 2.00. The zero-order valence-electron chi connectivity index (χ0n) is 6.28. The minimum Gasteiger partial charge on any atom is -0.482 e. The molecule has 1 atom stereocenters. The molecule has 1 aromatic carbocycles. The number of benzene rings is 1. The van der Waals surface area contributed by atoms with Crippen LogP contribution in [0.1, 0.15) is 6.92 Å². The lowest BCUT2D eigenvalue weighted by molar-refractivity contribution is 0.278. The standard InChI is InChI=1S/C9H9O2/c1-8(7-10)11-9-5-3-2-4-6-9/h2-6,8H,1H3. The fourth-order valence-electron chi connectivity index (χ4n) is 0.727. The van der Waals surface area contributed by atoms with Gasteiger partial charge in [0.1, 0.15) is 5.75 Å². The molecular formula is C9H9O2. The third kappa shape index (κ3) is 2.42. The highest BCUT2D eigenvalue weighted by atomic mass is 16.5. The molecule has 11 heavy (non-hydrogen) atoms. The first-order chi connectivity index (χ1) is 5.33. The van der Waals surface area contributed by atoms with E-state index in [9.17, 15) is 4.79 Å². The number of para-hydroxylation sites is 1. The van der Waals surface area contributed by atoms with Crippen molar-refractivity contribution in [2.75, 3.05) is 0 Å². The van der Waals surface area contributed by atoms with E-state index in [2.05, 4.69) is 0 Å². The molecule has 0 aliphatic carbocycles. The van der Waals surface area contributed by atoms with Gasteiger partial charge < -0.3 is 4.74 Å². The lowest BCUT2D eigenvalue weighted by Gasteiger charge is -2.06. The molecule has 2 heteroatoms. The second-order valence-electron chi connectivity index (χ2n) is 2.19. The van der Waals surface area contributed by atoms with E-state index in [4.69, 9.17) is 4.74 Å². The number of carbonyl (C=O) groups excluding carboxylic acids is 1. The van der Waals surface area contributed by atoms with E-state index >= 15 is 0 Å². The zero-order valence-corrected chi connectivity index (χ0v) is 6.28. The Morgan fingerprint density at radius 2 is 2.00 bits per heavy atom. The largest absolute Gasteiger partial charge is 0.482 e. The monoisotopic (exact) mass is 149 g/mol. The topological polar surface area (TPSA) is 26.3 Å². The number of rotatable bonds is 3. The Bertz CT molecular complexity index is 218. The summed E-state index contributed by atoms with van der Waals surface area (Å²) in [6.07, 6.45) is 1.25. The summed E-state index contributed by atoms with van der Waals surface area (Å²) in [7, 11) is 0. The van der Waals surface area contributed by atoms with Crippen molar-refractivity contribution < 1.29 is 9.53 Å². The highest BCUT2D eigenvalue weighted by Crippen LogP contribution is 2.09. The van der Waals surface area contributed by atoms with E-state index in [-0.39, 0.29) is 0 Å². The van der Waals surface area contributed by atoms with Crippen LogP contribution in [-0.4, -0.2) is 12.4 Å². The van der Waals surface area contributed by atoms with E-state index in [0.29, 0.717) is 5.75 Å². The van der Waals surface area contributed by atoms with Crippen molar-refractivity contribution in [3.63, 3.8) is 0 Å². The molecule has 0 amide bonds. The van der Waals surface area contributed by atoms with Gasteiger partial charge in [-0.1, -0.05) is 18.2 Å². The van der Waals surface area contributed by atoms with Crippen LogP contribution in [0.15, 0.2) is 30.3 Å². The smallest absolute Gasteiger partial charge is 0.242 e. The lowest BCUT2D eigenvalue weighted by atomic mass is 10.3. The predicted octanol–water partition coefficient (Wildman–Crippen LogP) is 1.56. The maximum atomic E-state index is 10.1. The molecule has 0 spiro atoms. The van der Waals surface area contributed by atoms with Crippen molar-refractivity contribution in [1.82, 2.24) is 0 Å². The summed E-state index contributed by atoms with van der Waals surface area (Å²) in [6, 6.07) is 9.20. The molecule has 1 unspecified atom stereocenters. The summed E-state index contributed by atoms with van der Waals surface area (Å²) in [4.78, 5) is 10.1. The van der Waals surface area contributed by atoms with Crippen molar-refractivity contribution >= 4 is 6.29 Å². The van der Waals surface area contributed by atoms with Gasteiger partial charge in [0, 0.05) is 0 Å². The first-order valence-corrected chi connectivity index (χ1v) is 3.42.